The van der Waals surface area contributed by atoms with Crippen molar-refractivity contribution in [3.8, 4) is 67.2 Å². The van der Waals surface area contributed by atoms with E-state index in [-0.39, 0.29) is 0 Å². The predicted molar refractivity (Wildman–Crippen MR) is 202 cm³/mol. The fourth-order valence-corrected chi connectivity index (χ4v) is 6.61. The number of nitrogens with zero attached hydrogens (tertiary/aromatic N) is 2. The van der Waals surface area contributed by atoms with E-state index in [0.29, 0.717) is 11.5 Å². The van der Waals surface area contributed by atoms with Gasteiger partial charge in [-0.1, -0.05) is 164 Å². The molecule has 9 aromatic rings. The highest BCUT2D eigenvalue weighted by molar-refractivity contribution is 6.10. The Hall–Kier alpha value is -6.58. The van der Waals surface area contributed by atoms with Gasteiger partial charge in [0, 0.05) is 16.5 Å². The van der Waals surface area contributed by atoms with Crippen LogP contribution in [-0.2, 0) is 0 Å². The monoisotopic (exact) mass is 626 g/mol. The molecule has 49 heavy (non-hydrogen) atoms. The van der Waals surface area contributed by atoms with Crippen LogP contribution in [0.2, 0.25) is 0 Å². The van der Waals surface area contributed by atoms with E-state index < -0.39 is 0 Å². The van der Waals surface area contributed by atoms with E-state index in [0.717, 1.165) is 49.9 Å². The standard InChI is InChI=1S/C46H30N2O/c1-3-11-31(12-4-1)33-21-23-35(24-22-33)37-15-9-16-38(29-37)39-17-10-18-40(30-39)45-47-44(43-41-19-7-8-20-42(41)49-46(43)48-45)36-27-25-34(26-28-36)32-13-5-2-6-14-32/h1-30H. The van der Waals surface area contributed by atoms with Crippen molar-refractivity contribution in [3.63, 3.8) is 0 Å². The van der Waals surface area contributed by atoms with E-state index in [2.05, 4.69) is 152 Å². The summed E-state index contributed by atoms with van der Waals surface area (Å²) in [6, 6.07) is 63.5. The Morgan fingerprint density at radius 2 is 0.755 bits per heavy atom. The minimum atomic E-state index is 0.583. The van der Waals surface area contributed by atoms with Gasteiger partial charge in [0.2, 0.25) is 5.71 Å². The van der Waals surface area contributed by atoms with E-state index in [9.17, 15) is 0 Å². The average Bonchev–Trinajstić information content (AvgIpc) is 3.57. The fourth-order valence-electron chi connectivity index (χ4n) is 6.61. The van der Waals surface area contributed by atoms with E-state index in [1.165, 1.54) is 27.8 Å². The highest BCUT2D eigenvalue weighted by Crippen LogP contribution is 2.38. The minimum Gasteiger partial charge on any atom is -0.438 e. The predicted octanol–water partition coefficient (Wildman–Crippen LogP) is 12.4. The van der Waals surface area contributed by atoms with Crippen LogP contribution in [0.1, 0.15) is 0 Å². The van der Waals surface area contributed by atoms with Crippen LogP contribution in [-0.4, -0.2) is 9.97 Å². The summed E-state index contributed by atoms with van der Waals surface area (Å²) in [5.41, 5.74) is 13.5. The number of hydrogen-bond acceptors (Lipinski definition) is 3. The molecule has 0 N–H and O–H groups in total. The molecule has 0 amide bonds. The molecule has 0 unspecified atom stereocenters. The van der Waals surface area contributed by atoms with Crippen molar-refractivity contribution in [1.82, 2.24) is 9.97 Å². The quantitative estimate of drug-likeness (QED) is 0.184. The lowest BCUT2D eigenvalue weighted by Crippen LogP contribution is -1.94. The Bertz CT molecular complexity index is 2570. The molecule has 2 heterocycles. The molecule has 2 aromatic heterocycles. The van der Waals surface area contributed by atoms with Gasteiger partial charge >= 0.3 is 0 Å². The van der Waals surface area contributed by atoms with Crippen molar-refractivity contribution in [2.45, 2.75) is 0 Å². The molecule has 0 aliphatic rings. The second-order valence-electron chi connectivity index (χ2n) is 12.2. The molecular formula is C46H30N2O. The van der Waals surface area contributed by atoms with Crippen molar-refractivity contribution in [2.75, 3.05) is 0 Å². The van der Waals surface area contributed by atoms with Crippen molar-refractivity contribution >= 4 is 22.1 Å². The maximum Gasteiger partial charge on any atom is 0.231 e. The summed E-state index contributed by atoms with van der Waals surface area (Å²) in [6.45, 7) is 0. The van der Waals surface area contributed by atoms with E-state index in [1.807, 2.05) is 30.3 Å². The first-order chi connectivity index (χ1) is 24.3. The molecule has 0 radical (unpaired) electrons. The van der Waals surface area contributed by atoms with Crippen LogP contribution in [0, 0.1) is 0 Å². The SMILES string of the molecule is c1ccc(-c2ccc(-c3cccc(-c4cccc(-c5nc(-c6ccc(-c7ccccc7)cc6)c6c(n5)oc5ccccc56)c4)c3)cc2)cc1. The molecule has 0 aliphatic carbocycles. The molecule has 0 aliphatic heterocycles. The Balaban J connectivity index is 1.10. The molecule has 230 valence electrons. The largest absolute Gasteiger partial charge is 0.438 e. The van der Waals surface area contributed by atoms with Crippen LogP contribution in [0.15, 0.2) is 186 Å². The third-order valence-corrected chi connectivity index (χ3v) is 9.15. The molecule has 7 aromatic carbocycles. The van der Waals surface area contributed by atoms with Crippen LogP contribution in [0.4, 0.5) is 0 Å². The van der Waals surface area contributed by atoms with Crippen LogP contribution >= 0.6 is 0 Å². The Morgan fingerprint density at radius 3 is 1.37 bits per heavy atom. The van der Waals surface area contributed by atoms with Gasteiger partial charge in [-0.3, -0.25) is 0 Å². The number of aromatic nitrogens is 2. The molecule has 0 saturated heterocycles. The highest BCUT2D eigenvalue weighted by Gasteiger charge is 2.18. The van der Waals surface area contributed by atoms with Crippen LogP contribution < -0.4 is 0 Å². The molecule has 9 rings (SSSR count). The average molecular weight is 627 g/mol. The topological polar surface area (TPSA) is 38.9 Å². The summed E-state index contributed by atoms with van der Waals surface area (Å²) in [5, 5.41) is 1.93. The summed E-state index contributed by atoms with van der Waals surface area (Å²) in [5.74, 6) is 0.628. The van der Waals surface area contributed by atoms with Crippen LogP contribution in [0.3, 0.4) is 0 Å². The maximum atomic E-state index is 6.33. The molecule has 0 atom stereocenters. The molecule has 0 spiro atoms. The van der Waals surface area contributed by atoms with Crippen LogP contribution in [0.25, 0.3) is 89.2 Å². The first-order valence-electron chi connectivity index (χ1n) is 16.5. The number of hydrogen-bond donors (Lipinski definition) is 0. The summed E-state index contributed by atoms with van der Waals surface area (Å²) in [6.07, 6.45) is 0. The smallest absolute Gasteiger partial charge is 0.231 e. The summed E-state index contributed by atoms with van der Waals surface area (Å²) >= 11 is 0. The zero-order valence-corrected chi connectivity index (χ0v) is 26.6. The lowest BCUT2D eigenvalue weighted by atomic mass is 9.96. The van der Waals surface area contributed by atoms with E-state index in [1.54, 1.807) is 0 Å². The van der Waals surface area contributed by atoms with Gasteiger partial charge in [-0.05, 0) is 62.7 Å². The van der Waals surface area contributed by atoms with Gasteiger partial charge in [-0.25, -0.2) is 4.98 Å². The second-order valence-corrected chi connectivity index (χ2v) is 12.2. The van der Waals surface area contributed by atoms with Crippen molar-refractivity contribution in [3.05, 3.63) is 182 Å². The molecule has 0 saturated carbocycles. The van der Waals surface area contributed by atoms with Gasteiger partial charge < -0.3 is 4.42 Å². The lowest BCUT2D eigenvalue weighted by molar-refractivity contribution is 0.653. The Morgan fingerprint density at radius 1 is 0.327 bits per heavy atom. The molecule has 0 bridgehead atoms. The van der Waals surface area contributed by atoms with E-state index in [4.69, 9.17) is 14.4 Å². The first kappa shape index (κ1) is 28.6. The lowest BCUT2D eigenvalue weighted by Gasteiger charge is -2.10. The Labute approximate surface area is 284 Å². The summed E-state index contributed by atoms with van der Waals surface area (Å²) in [7, 11) is 0. The Kier molecular flexibility index (Phi) is 7.14. The van der Waals surface area contributed by atoms with Gasteiger partial charge in [-0.2, -0.15) is 4.98 Å². The van der Waals surface area contributed by atoms with Gasteiger partial charge in [0.05, 0.1) is 11.1 Å². The normalized spacial score (nSPS) is 11.3. The molecule has 0 fully saturated rings. The first-order valence-corrected chi connectivity index (χ1v) is 16.5. The number of benzene rings is 7. The minimum absolute atomic E-state index is 0.583. The summed E-state index contributed by atoms with van der Waals surface area (Å²) in [4.78, 5) is 10.2. The summed E-state index contributed by atoms with van der Waals surface area (Å²) < 4.78 is 6.33. The van der Waals surface area contributed by atoms with Crippen molar-refractivity contribution in [1.29, 1.82) is 0 Å². The van der Waals surface area contributed by atoms with Gasteiger partial charge in [-0.15, -0.1) is 0 Å². The van der Waals surface area contributed by atoms with E-state index >= 15 is 0 Å². The zero-order chi connectivity index (χ0) is 32.6. The number of furan rings is 1. The van der Waals surface area contributed by atoms with Crippen molar-refractivity contribution < 1.29 is 4.42 Å². The molecule has 3 heteroatoms. The second kappa shape index (κ2) is 12.2. The van der Waals surface area contributed by atoms with Crippen molar-refractivity contribution in [2.24, 2.45) is 0 Å². The fraction of sp³-hybridized carbons (Fsp3) is 0. The number of para-hydroxylation sites is 1. The number of rotatable bonds is 6. The maximum absolute atomic E-state index is 6.33. The zero-order valence-electron chi connectivity index (χ0n) is 26.6. The highest BCUT2D eigenvalue weighted by atomic mass is 16.3. The van der Waals surface area contributed by atoms with Gasteiger partial charge in [0.1, 0.15) is 5.58 Å². The number of fused-ring (bicyclic) bond motifs is 3. The van der Waals surface area contributed by atoms with Gasteiger partial charge in [0.25, 0.3) is 0 Å². The molecule has 3 nitrogen and oxygen atoms in total. The third kappa shape index (κ3) is 5.48. The molecular weight excluding hydrogens is 597 g/mol. The van der Waals surface area contributed by atoms with Gasteiger partial charge in [0.15, 0.2) is 5.82 Å². The third-order valence-electron chi connectivity index (χ3n) is 9.15. The van der Waals surface area contributed by atoms with Crippen LogP contribution in [0.5, 0.6) is 0 Å².